The second-order valence-electron chi connectivity index (χ2n) is 4.92. The van der Waals surface area contributed by atoms with Gasteiger partial charge in [0, 0.05) is 5.56 Å². The smallest absolute Gasteiger partial charge is 0.254 e. The van der Waals surface area contributed by atoms with Crippen LogP contribution in [0, 0.1) is 12.7 Å². The van der Waals surface area contributed by atoms with Crippen LogP contribution in [-0.2, 0) is 0 Å². The van der Waals surface area contributed by atoms with Crippen LogP contribution in [0.1, 0.15) is 34.5 Å². The molecular weight excluding hydrogens is 269 g/mol. The number of carbonyl (C=O) groups excluding carboxylic acids is 1. The molecule has 0 spiro atoms. The van der Waals surface area contributed by atoms with Crippen LogP contribution >= 0.6 is 0 Å². The second kappa shape index (κ2) is 6.39. The maximum Gasteiger partial charge on any atom is 0.254 e. The maximum atomic E-state index is 13.6. The van der Waals surface area contributed by atoms with Crippen LogP contribution < -0.4 is 10.1 Å². The van der Waals surface area contributed by atoms with Gasteiger partial charge in [-0.2, -0.15) is 0 Å². The number of halogens is 1. The summed E-state index contributed by atoms with van der Waals surface area (Å²) in [5.41, 5.74) is 1.97. The highest BCUT2D eigenvalue weighted by Crippen LogP contribution is 2.26. The highest BCUT2D eigenvalue weighted by Gasteiger charge is 2.17. The number of hydrogen-bond donors (Lipinski definition) is 1. The first-order valence-corrected chi connectivity index (χ1v) is 6.73. The molecule has 0 fully saturated rings. The van der Waals surface area contributed by atoms with Crippen LogP contribution in [0.25, 0.3) is 0 Å². The lowest BCUT2D eigenvalue weighted by molar-refractivity contribution is 0.0935. The van der Waals surface area contributed by atoms with Gasteiger partial charge in [-0.05, 0) is 32.0 Å². The van der Waals surface area contributed by atoms with Crippen molar-refractivity contribution < 1.29 is 13.9 Å². The molecular formula is C17H18FNO2. The first-order chi connectivity index (χ1) is 10.0. The number of benzene rings is 2. The molecule has 1 amide bonds. The lowest BCUT2D eigenvalue weighted by Crippen LogP contribution is -2.27. The SMILES string of the molecule is COc1ccc(C)cc1C(C)NC(=O)c1ccccc1F. The molecule has 0 heterocycles. The molecule has 0 radical (unpaired) electrons. The molecule has 2 aromatic carbocycles. The van der Waals surface area contributed by atoms with E-state index in [4.69, 9.17) is 4.74 Å². The fraction of sp³-hybridized carbons (Fsp3) is 0.235. The Hall–Kier alpha value is -2.36. The molecule has 0 aliphatic heterocycles. The number of hydrogen-bond acceptors (Lipinski definition) is 2. The quantitative estimate of drug-likeness (QED) is 0.932. The summed E-state index contributed by atoms with van der Waals surface area (Å²) >= 11 is 0. The summed E-state index contributed by atoms with van der Waals surface area (Å²) in [5.74, 6) is -0.274. The van der Waals surface area contributed by atoms with Crippen molar-refractivity contribution in [2.75, 3.05) is 7.11 Å². The summed E-state index contributed by atoms with van der Waals surface area (Å²) in [6, 6.07) is 11.4. The molecule has 2 rings (SSSR count). The Morgan fingerprint density at radius 2 is 1.95 bits per heavy atom. The highest BCUT2D eigenvalue weighted by atomic mass is 19.1. The van der Waals surface area contributed by atoms with Gasteiger partial charge in [0.1, 0.15) is 11.6 Å². The zero-order chi connectivity index (χ0) is 15.4. The van der Waals surface area contributed by atoms with Gasteiger partial charge in [0.05, 0.1) is 18.7 Å². The van der Waals surface area contributed by atoms with Crippen molar-refractivity contribution in [3.8, 4) is 5.75 Å². The molecule has 0 saturated carbocycles. The molecule has 3 nitrogen and oxygen atoms in total. The van der Waals surface area contributed by atoms with Crippen molar-refractivity contribution in [1.29, 1.82) is 0 Å². The fourth-order valence-electron chi connectivity index (χ4n) is 2.19. The Balaban J connectivity index is 2.22. The number of nitrogens with one attached hydrogen (secondary N) is 1. The van der Waals surface area contributed by atoms with Crippen LogP contribution in [0.15, 0.2) is 42.5 Å². The number of rotatable bonds is 4. The monoisotopic (exact) mass is 287 g/mol. The lowest BCUT2D eigenvalue weighted by atomic mass is 10.0. The summed E-state index contributed by atoms with van der Waals surface area (Å²) in [6.45, 7) is 3.81. The van der Waals surface area contributed by atoms with Crippen LogP contribution in [0.2, 0.25) is 0 Å². The zero-order valence-corrected chi connectivity index (χ0v) is 12.3. The van der Waals surface area contributed by atoms with Gasteiger partial charge in [-0.15, -0.1) is 0 Å². The Morgan fingerprint density at radius 1 is 1.24 bits per heavy atom. The Bertz CT molecular complexity index is 655. The Labute approximate surface area is 123 Å². The van der Waals surface area contributed by atoms with Crippen molar-refractivity contribution in [2.24, 2.45) is 0 Å². The van der Waals surface area contributed by atoms with Gasteiger partial charge < -0.3 is 10.1 Å². The molecule has 4 heteroatoms. The standard InChI is InChI=1S/C17H18FNO2/c1-11-8-9-16(21-3)14(10-11)12(2)19-17(20)13-6-4-5-7-15(13)18/h4-10,12H,1-3H3,(H,19,20). The number of carbonyl (C=O) groups is 1. The molecule has 1 N–H and O–H groups in total. The van der Waals surface area contributed by atoms with Gasteiger partial charge in [0.2, 0.25) is 0 Å². The van der Waals surface area contributed by atoms with E-state index >= 15 is 0 Å². The number of amides is 1. The summed E-state index contributed by atoms with van der Waals surface area (Å²) in [6.07, 6.45) is 0. The highest BCUT2D eigenvalue weighted by molar-refractivity contribution is 5.94. The van der Waals surface area contributed by atoms with Gasteiger partial charge in [-0.25, -0.2) is 4.39 Å². The topological polar surface area (TPSA) is 38.3 Å². The average molecular weight is 287 g/mol. The van der Waals surface area contributed by atoms with E-state index in [1.54, 1.807) is 19.2 Å². The van der Waals surface area contributed by atoms with Crippen molar-refractivity contribution in [3.05, 3.63) is 65.0 Å². The number of ether oxygens (including phenoxy) is 1. The first kappa shape index (κ1) is 15.0. The number of aryl methyl sites for hydroxylation is 1. The largest absolute Gasteiger partial charge is 0.496 e. The normalized spacial score (nSPS) is 11.8. The van der Waals surface area contributed by atoms with E-state index in [9.17, 15) is 9.18 Å². The second-order valence-corrected chi connectivity index (χ2v) is 4.92. The van der Waals surface area contributed by atoms with E-state index in [0.29, 0.717) is 5.75 Å². The fourth-order valence-corrected chi connectivity index (χ4v) is 2.19. The Morgan fingerprint density at radius 3 is 2.62 bits per heavy atom. The molecule has 1 atom stereocenters. The average Bonchev–Trinajstić information content (AvgIpc) is 2.47. The third-order valence-electron chi connectivity index (χ3n) is 3.32. The molecule has 110 valence electrons. The van der Waals surface area contributed by atoms with Gasteiger partial charge in [-0.3, -0.25) is 4.79 Å². The van der Waals surface area contributed by atoms with E-state index in [0.717, 1.165) is 11.1 Å². The van der Waals surface area contributed by atoms with E-state index in [1.807, 2.05) is 32.0 Å². The molecule has 0 bridgehead atoms. The summed E-state index contributed by atoms with van der Waals surface area (Å²) < 4.78 is 18.9. The van der Waals surface area contributed by atoms with Crippen molar-refractivity contribution in [3.63, 3.8) is 0 Å². The van der Waals surface area contributed by atoms with Gasteiger partial charge in [0.15, 0.2) is 0 Å². The molecule has 21 heavy (non-hydrogen) atoms. The first-order valence-electron chi connectivity index (χ1n) is 6.73. The summed E-state index contributed by atoms with van der Waals surface area (Å²) in [4.78, 5) is 12.1. The van der Waals surface area contributed by atoms with Crippen LogP contribution in [0.5, 0.6) is 5.75 Å². The van der Waals surface area contributed by atoms with E-state index in [-0.39, 0.29) is 11.6 Å². The van der Waals surface area contributed by atoms with E-state index in [2.05, 4.69) is 5.32 Å². The van der Waals surface area contributed by atoms with E-state index < -0.39 is 11.7 Å². The van der Waals surface area contributed by atoms with Crippen molar-refractivity contribution in [1.82, 2.24) is 5.32 Å². The van der Waals surface area contributed by atoms with Gasteiger partial charge in [0.25, 0.3) is 5.91 Å². The molecule has 2 aromatic rings. The lowest BCUT2D eigenvalue weighted by Gasteiger charge is -2.18. The van der Waals surface area contributed by atoms with Crippen molar-refractivity contribution >= 4 is 5.91 Å². The van der Waals surface area contributed by atoms with Crippen LogP contribution in [0.3, 0.4) is 0 Å². The minimum absolute atomic E-state index is 0.0379. The maximum absolute atomic E-state index is 13.6. The van der Waals surface area contributed by atoms with Crippen molar-refractivity contribution in [2.45, 2.75) is 19.9 Å². The van der Waals surface area contributed by atoms with Gasteiger partial charge >= 0.3 is 0 Å². The Kier molecular flexibility index (Phi) is 4.58. The third-order valence-corrected chi connectivity index (χ3v) is 3.32. The predicted molar refractivity (Wildman–Crippen MR) is 80.0 cm³/mol. The molecule has 0 saturated heterocycles. The molecule has 0 aliphatic carbocycles. The minimum atomic E-state index is -0.529. The zero-order valence-electron chi connectivity index (χ0n) is 12.3. The van der Waals surface area contributed by atoms with Crippen LogP contribution in [0.4, 0.5) is 4.39 Å². The summed E-state index contributed by atoms with van der Waals surface area (Å²) in [5, 5.41) is 2.80. The van der Waals surface area contributed by atoms with Gasteiger partial charge in [-0.1, -0.05) is 29.8 Å². The minimum Gasteiger partial charge on any atom is -0.496 e. The van der Waals surface area contributed by atoms with E-state index in [1.165, 1.54) is 12.1 Å². The van der Waals surface area contributed by atoms with Crippen LogP contribution in [-0.4, -0.2) is 13.0 Å². The predicted octanol–water partition coefficient (Wildman–Crippen LogP) is 3.63. The molecule has 0 aromatic heterocycles. The molecule has 1 unspecified atom stereocenters. The third kappa shape index (κ3) is 3.40. The number of methoxy groups -OCH3 is 1. The summed E-state index contributed by atoms with van der Waals surface area (Å²) in [7, 11) is 1.58. The molecule has 0 aliphatic rings.